The van der Waals surface area contributed by atoms with Crippen LogP contribution in [0.25, 0.3) is 0 Å². The molecular weight excluding hydrogens is 348 g/mol. The fraction of sp³-hybridized carbons (Fsp3) is 0.250. The topological polar surface area (TPSA) is 12.0 Å². The third-order valence-corrected chi connectivity index (χ3v) is 4.96. The van der Waals surface area contributed by atoms with Gasteiger partial charge in [0.15, 0.2) is 0 Å². The minimum absolute atomic E-state index is 0.0562. The molecule has 2 rings (SSSR count). The van der Waals surface area contributed by atoms with Crippen molar-refractivity contribution < 1.29 is 0 Å². The van der Waals surface area contributed by atoms with Crippen LogP contribution in [0.4, 0.5) is 0 Å². The van der Waals surface area contributed by atoms with E-state index in [0.29, 0.717) is 20.1 Å². The Morgan fingerprint density at radius 3 is 2.19 bits per heavy atom. The highest BCUT2D eigenvalue weighted by molar-refractivity contribution is 6.42. The lowest BCUT2D eigenvalue weighted by atomic mass is 10.0. The third kappa shape index (κ3) is 4.06. The molecule has 1 nitrogen and oxygen atoms in total. The molecule has 0 saturated heterocycles. The number of benzene rings is 2. The monoisotopic (exact) mass is 361 g/mol. The summed E-state index contributed by atoms with van der Waals surface area (Å²) < 4.78 is 0. The smallest absolute Gasteiger partial charge is 0.0639 e. The van der Waals surface area contributed by atoms with Crippen LogP contribution < -0.4 is 5.32 Å². The molecule has 112 valence electrons. The van der Waals surface area contributed by atoms with Crippen molar-refractivity contribution in [1.82, 2.24) is 5.32 Å². The third-order valence-electron chi connectivity index (χ3n) is 3.39. The molecule has 0 bridgehead atoms. The van der Waals surface area contributed by atoms with E-state index in [1.54, 1.807) is 12.1 Å². The van der Waals surface area contributed by atoms with Gasteiger partial charge in [0.2, 0.25) is 0 Å². The van der Waals surface area contributed by atoms with Gasteiger partial charge in [0, 0.05) is 12.1 Å². The summed E-state index contributed by atoms with van der Waals surface area (Å²) in [6.45, 7) is 4.11. The second-order valence-electron chi connectivity index (χ2n) is 4.93. The van der Waals surface area contributed by atoms with Crippen LogP contribution in [0.5, 0.6) is 0 Å². The van der Waals surface area contributed by atoms with E-state index in [4.69, 9.17) is 46.4 Å². The van der Waals surface area contributed by atoms with Crippen molar-refractivity contribution in [1.29, 1.82) is 0 Å². The Morgan fingerprint density at radius 2 is 1.52 bits per heavy atom. The molecule has 0 amide bonds. The molecule has 2 aromatic carbocycles. The Balaban J connectivity index is 2.16. The van der Waals surface area contributed by atoms with Crippen LogP contribution in [0.1, 0.15) is 37.1 Å². The molecule has 0 spiro atoms. The van der Waals surface area contributed by atoms with Crippen LogP contribution in [0.2, 0.25) is 20.1 Å². The lowest BCUT2D eigenvalue weighted by Crippen LogP contribution is -2.22. The zero-order valence-electron chi connectivity index (χ0n) is 11.6. The van der Waals surface area contributed by atoms with Crippen LogP contribution in [0.15, 0.2) is 36.4 Å². The van der Waals surface area contributed by atoms with Gasteiger partial charge in [0.05, 0.1) is 20.1 Å². The van der Waals surface area contributed by atoms with E-state index in [1.807, 2.05) is 31.2 Å². The van der Waals surface area contributed by atoms with E-state index >= 15 is 0 Å². The first-order valence-electron chi connectivity index (χ1n) is 6.55. The minimum atomic E-state index is 0.0562. The molecule has 0 aliphatic carbocycles. The Morgan fingerprint density at radius 1 is 0.810 bits per heavy atom. The van der Waals surface area contributed by atoms with E-state index in [9.17, 15) is 0 Å². The van der Waals surface area contributed by atoms with Crippen molar-refractivity contribution >= 4 is 46.4 Å². The number of halogens is 4. The maximum Gasteiger partial charge on any atom is 0.0639 e. The summed E-state index contributed by atoms with van der Waals surface area (Å²) in [7, 11) is 0. The van der Waals surface area contributed by atoms with Crippen molar-refractivity contribution in [2.45, 2.75) is 25.9 Å². The van der Waals surface area contributed by atoms with Gasteiger partial charge in [-0.3, -0.25) is 0 Å². The van der Waals surface area contributed by atoms with Gasteiger partial charge in [-0.05, 0) is 43.2 Å². The molecule has 0 aromatic heterocycles. The first-order valence-corrected chi connectivity index (χ1v) is 8.06. The molecule has 5 heteroatoms. The maximum atomic E-state index is 6.25. The molecule has 1 N–H and O–H groups in total. The second-order valence-corrected chi connectivity index (χ2v) is 6.53. The zero-order valence-corrected chi connectivity index (χ0v) is 14.7. The van der Waals surface area contributed by atoms with Gasteiger partial charge in [-0.1, -0.05) is 64.6 Å². The summed E-state index contributed by atoms with van der Waals surface area (Å²) in [5, 5.41) is 5.73. The average molecular weight is 363 g/mol. The number of rotatable bonds is 4. The molecule has 0 saturated carbocycles. The Bertz CT molecular complexity index is 642. The lowest BCUT2D eigenvalue weighted by Gasteiger charge is -2.22. The molecule has 21 heavy (non-hydrogen) atoms. The highest BCUT2D eigenvalue weighted by Gasteiger charge is 2.15. The summed E-state index contributed by atoms with van der Waals surface area (Å²) in [5.74, 6) is 0. The molecular formula is C16H15Cl4N. The number of hydrogen-bond donors (Lipinski definition) is 1. The van der Waals surface area contributed by atoms with Gasteiger partial charge in [0.25, 0.3) is 0 Å². The highest BCUT2D eigenvalue weighted by atomic mass is 35.5. The van der Waals surface area contributed by atoms with Crippen LogP contribution in [0, 0.1) is 0 Å². The van der Waals surface area contributed by atoms with E-state index in [1.165, 1.54) is 0 Å². The zero-order chi connectivity index (χ0) is 15.6. The summed E-state index contributed by atoms with van der Waals surface area (Å²) in [6, 6.07) is 11.4. The molecule has 2 aromatic rings. The van der Waals surface area contributed by atoms with E-state index < -0.39 is 0 Å². The Labute approximate surface area is 145 Å². The molecule has 0 heterocycles. The van der Waals surface area contributed by atoms with E-state index in [2.05, 4.69) is 12.2 Å². The van der Waals surface area contributed by atoms with Crippen molar-refractivity contribution in [3.63, 3.8) is 0 Å². The summed E-state index contributed by atoms with van der Waals surface area (Å²) in [6.07, 6.45) is 0. The van der Waals surface area contributed by atoms with Crippen molar-refractivity contribution in [3.8, 4) is 0 Å². The van der Waals surface area contributed by atoms with Gasteiger partial charge in [-0.2, -0.15) is 0 Å². The fourth-order valence-electron chi connectivity index (χ4n) is 2.20. The van der Waals surface area contributed by atoms with Gasteiger partial charge in [-0.15, -0.1) is 0 Å². The van der Waals surface area contributed by atoms with Crippen LogP contribution >= 0.6 is 46.4 Å². The first-order chi connectivity index (χ1) is 9.90. The number of hydrogen-bond acceptors (Lipinski definition) is 1. The van der Waals surface area contributed by atoms with Crippen LogP contribution in [0.3, 0.4) is 0 Å². The SMILES string of the molecule is CC(NC(C)c1cccc(Cl)c1Cl)c1ccc(Cl)c(Cl)c1. The molecule has 0 aliphatic heterocycles. The quantitative estimate of drug-likeness (QED) is 0.636. The highest BCUT2D eigenvalue weighted by Crippen LogP contribution is 2.32. The normalized spacial score (nSPS) is 14.0. The summed E-state index contributed by atoms with van der Waals surface area (Å²) in [5.41, 5.74) is 2.03. The van der Waals surface area contributed by atoms with E-state index in [-0.39, 0.29) is 12.1 Å². The standard InChI is InChI=1S/C16H15Cl4N/c1-9(11-6-7-13(17)15(19)8-11)21-10(2)12-4-3-5-14(18)16(12)20/h3-10,21H,1-2H3. The molecule has 2 atom stereocenters. The van der Waals surface area contributed by atoms with Crippen molar-refractivity contribution in [2.75, 3.05) is 0 Å². The predicted molar refractivity (Wildman–Crippen MR) is 92.9 cm³/mol. The largest absolute Gasteiger partial charge is 0.304 e. The van der Waals surface area contributed by atoms with Gasteiger partial charge >= 0.3 is 0 Å². The fourth-order valence-corrected chi connectivity index (χ4v) is 2.98. The number of nitrogens with one attached hydrogen (secondary N) is 1. The second kappa shape index (κ2) is 7.21. The summed E-state index contributed by atoms with van der Waals surface area (Å²) in [4.78, 5) is 0. The van der Waals surface area contributed by atoms with Gasteiger partial charge < -0.3 is 5.32 Å². The Hall–Kier alpha value is -0.440. The molecule has 2 unspecified atom stereocenters. The summed E-state index contributed by atoms with van der Waals surface area (Å²) >= 11 is 24.3. The average Bonchev–Trinajstić information content (AvgIpc) is 2.44. The van der Waals surface area contributed by atoms with Gasteiger partial charge in [-0.25, -0.2) is 0 Å². The first kappa shape index (κ1) is 16.9. The molecule has 0 fully saturated rings. The lowest BCUT2D eigenvalue weighted by molar-refractivity contribution is 0.495. The van der Waals surface area contributed by atoms with Gasteiger partial charge in [0.1, 0.15) is 0 Å². The Kier molecular flexibility index (Phi) is 5.81. The van der Waals surface area contributed by atoms with Crippen LogP contribution in [-0.2, 0) is 0 Å². The van der Waals surface area contributed by atoms with Crippen molar-refractivity contribution in [2.24, 2.45) is 0 Å². The predicted octanol–water partition coefficient (Wildman–Crippen LogP) is 6.71. The molecule has 0 aliphatic rings. The molecule has 0 radical (unpaired) electrons. The maximum absolute atomic E-state index is 6.25. The van der Waals surface area contributed by atoms with E-state index in [0.717, 1.165) is 11.1 Å². The van der Waals surface area contributed by atoms with Crippen molar-refractivity contribution in [3.05, 3.63) is 67.6 Å². The minimum Gasteiger partial charge on any atom is -0.304 e. The van der Waals surface area contributed by atoms with Crippen LogP contribution in [-0.4, -0.2) is 0 Å².